The van der Waals surface area contributed by atoms with Crippen LogP contribution in [0.1, 0.15) is 43.9 Å². The number of aliphatic carboxylic acids is 2. The third-order valence-corrected chi connectivity index (χ3v) is 4.90. The number of nitriles is 1. The van der Waals surface area contributed by atoms with Crippen LogP contribution in [0.4, 0.5) is 0 Å². The van der Waals surface area contributed by atoms with Crippen molar-refractivity contribution in [2.24, 2.45) is 0 Å². The van der Waals surface area contributed by atoms with Gasteiger partial charge in [-0.05, 0) is 31.2 Å². The molecule has 26 heavy (non-hydrogen) atoms. The molecule has 1 saturated carbocycles. The number of carboxylic acids is 2. The average Bonchev–Trinajstić information content (AvgIpc) is 3.14. The summed E-state index contributed by atoms with van der Waals surface area (Å²) < 4.78 is 0. The second kappa shape index (κ2) is 10.5. The summed E-state index contributed by atoms with van der Waals surface area (Å²) in [5.41, 5.74) is -0.645. The molecule has 0 radical (unpaired) electrons. The van der Waals surface area contributed by atoms with Crippen molar-refractivity contribution < 1.29 is 24.6 Å². The molecule has 0 aliphatic heterocycles. The van der Waals surface area contributed by atoms with E-state index in [4.69, 9.17) is 19.8 Å². The second-order valence-electron chi connectivity index (χ2n) is 6.04. The lowest BCUT2D eigenvalue weighted by molar-refractivity contribution is -0.159. The lowest BCUT2D eigenvalue weighted by atomic mass is 9.82. The molecule has 1 aromatic rings. The highest BCUT2D eigenvalue weighted by molar-refractivity contribution is 7.09. The smallest absolute Gasteiger partial charge is 0.414 e. The van der Waals surface area contributed by atoms with Crippen molar-refractivity contribution >= 4 is 29.2 Å². The van der Waals surface area contributed by atoms with Crippen LogP contribution < -0.4 is 10.6 Å². The van der Waals surface area contributed by atoms with Crippen molar-refractivity contribution in [2.75, 3.05) is 0 Å². The highest BCUT2D eigenvalue weighted by Crippen LogP contribution is 2.27. The third-order valence-electron chi connectivity index (χ3n) is 4.02. The molecule has 0 aromatic carbocycles. The maximum atomic E-state index is 12.2. The van der Waals surface area contributed by atoms with E-state index in [1.807, 2.05) is 24.4 Å². The highest BCUT2D eigenvalue weighted by Gasteiger charge is 2.34. The number of nitrogens with one attached hydrogen (secondary N) is 2. The van der Waals surface area contributed by atoms with E-state index in [-0.39, 0.29) is 11.9 Å². The van der Waals surface area contributed by atoms with Gasteiger partial charge in [-0.15, -0.1) is 11.3 Å². The molecule has 4 N–H and O–H groups in total. The Kier molecular flexibility index (Phi) is 8.75. The topological polar surface area (TPSA) is 140 Å². The number of carbonyl (C=O) groups excluding carboxylic acids is 1. The summed E-state index contributed by atoms with van der Waals surface area (Å²) in [6, 6.07) is 6.07. The Morgan fingerprint density at radius 2 is 1.88 bits per heavy atom. The van der Waals surface area contributed by atoms with Gasteiger partial charge >= 0.3 is 11.9 Å². The quantitative estimate of drug-likeness (QED) is 0.569. The van der Waals surface area contributed by atoms with Crippen LogP contribution in [-0.4, -0.2) is 39.6 Å². The zero-order valence-electron chi connectivity index (χ0n) is 14.5. The van der Waals surface area contributed by atoms with Gasteiger partial charge in [0.1, 0.15) is 5.54 Å². The fourth-order valence-corrected chi connectivity index (χ4v) is 3.18. The molecule has 2 rings (SSSR count). The predicted octanol–water partition coefficient (Wildman–Crippen LogP) is 1.72. The molecule has 8 nitrogen and oxygen atoms in total. The number of hydrogen-bond donors (Lipinski definition) is 4. The Morgan fingerprint density at radius 1 is 1.27 bits per heavy atom. The summed E-state index contributed by atoms with van der Waals surface area (Å²) in [6.45, 7) is 2.53. The molecular weight excluding hydrogens is 358 g/mol. The highest BCUT2D eigenvalue weighted by atomic mass is 32.1. The van der Waals surface area contributed by atoms with Gasteiger partial charge in [0.2, 0.25) is 5.91 Å². The van der Waals surface area contributed by atoms with Crippen molar-refractivity contribution in [3.8, 4) is 6.07 Å². The van der Waals surface area contributed by atoms with E-state index in [1.165, 1.54) is 4.88 Å². The van der Waals surface area contributed by atoms with Crippen LogP contribution in [0.15, 0.2) is 17.5 Å². The van der Waals surface area contributed by atoms with Gasteiger partial charge in [0.15, 0.2) is 0 Å². The van der Waals surface area contributed by atoms with Crippen molar-refractivity contribution in [3.63, 3.8) is 0 Å². The molecular formula is C17H23N3O5S. The number of hydrogen-bond acceptors (Lipinski definition) is 6. The first-order chi connectivity index (χ1) is 12.3. The molecule has 1 aliphatic carbocycles. The minimum Gasteiger partial charge on any atom is -0.473 e. The Morgan fingerprint density at radius 3 is 2.35 bits per heavy atom. The fourth-order valence-electron chi connectivity index (χ4n) is 2.52. The number of amides is 1. The zero-order valence-corrected chi connectivity index (χ0v) is 15.3. The fraction of sp³-hybridized carbons (Fsp3) is 0.529. The SMILES string of the molecule is CC(NCc1cccs1)C(=O)NC1(C#N)CCCCC1.O=C(O)C(=O)O. The van der Waals surface area contributed by atoms with Crippen molar-refractivity contribution in [1.29, 1.82) is 5.26 Å². The number of nitrogens with zero attached hydrogens (tertiary/aromatic N) is 1. The maximum absolute atomic E-state index is 12.2. The van der Waals surface area contributed by atoms with E-state index in [2.05, 4.69) is 16.7 Å². The van der Waals surface area contributed by atoms with Gasteiger partial charge in [-0.1, -0.05) is 25.3 Å². The van der Waals surface area contributed by atoms with Crippen LogP contribution in [0.2, 0.25) is 0 Å². The molecule has 9 heteroatoms. The summed E-state index contributed by atoms with van der Waals surface area (Å²) in [5.74, 6) is -3.73. The van der Waals surface area contributed by atoms with Gasteiger partial charge in [-0.3, -0.25) is 4.79 Å². The number of thiophene rings is 1. The molecule has 1 amide bonds. The Balaban J connectivity index is 0.000000487. The van der Waals surface area contributed by atoms with E-state index in [1.54, 1.807) is 11.3 Å². The molecule has 1 heterocycles. The molecule has 142 valence electrons. The molecule has 1 aromatic heterocycles. The summed E-state index contributed by atoms with van der Waals surface area (Å²) in [4.78, 5) is 31.6. The lowest BCUT2D eigenvalue weighted by Crippen LogP contribution is -2.54. The normalized spacial score (nSPS) is 16.3. The van der Waals surface area contributed by atoms with E-state index < -0.39 is 17.5 Å². The van der Waals surface area contributed by atoms with Crippen LogP contribution >= 0.6 is 11.3 Å². The van der Waals surface area contributed by atoms with E-state index in [9.17, 15) is 10.1 Å². The molecule has 1 fully saturated rings. The predicted molar refractivity (Wildman–Crippen MR) is 95.5 cm³/mol. The minimum absolute atomic E-state index is 0.0787. The maximum Gasteiger partial charge on any atom is 0.414 e. The van der Waals surface area contributed by atoms with Crippen LogP contribution in [0, 0.1) is 11.3 Å². The lowest BCUT2D eigenvalue weighted by Gasteiger charge is -2.32. The Labute approximate surface area is 155 Å². The van der Waals surface area contributed by atoms with Gasteiger partial charge in [0, 0.05) is 11.4 Å². The van der Waals surface area contributed by atoms with E-state index >= 15 is 0 Å². The van der Waals surface area contributed by atoms with Crippen LogP contribution in [-0.2, 0) is 20.9 Å². The minimum atomic E-state index is -1.82. The van der Waals surface area contributed by atoms with Gasteiger partial charge < -0.3 is 20.8 Å². The van der Waals surface area contributed by atoms with Crippen molar-refractivity contribution in [1.82, 2.24) is 10.6 Å². The first kappa shape index (κ1) is 21.6. The molecule has 0 bridgehead atoms. The average molecular weight is 381 g/mol. The first-order valence-electron chi connectivity index (χ1n) is 8.25. The van der Waals surface area contributed by atoms with Crippen LogP contribution in [0.25, 0.3) is 0 Å². The molecule has 1 unspecified atom stereocenters. The second-order valence-corrected chi connectivity index (χ2v) is 7.07. The van der Waals surface area contributed by atoms with E-state index in [0.29, 0.717) is 6.54 Å². The molecule has 1 aliphatic rings. The van der Waals surface area contributed by atoms with Crippen molar-refractivity contribution in [2.45, 2.75) is 57.2 Å². The zero-order chi connectivity index (χ0) is 19.6. The Bertz CT molecular complexity index is 636. The largest absolute Gasteiger partial charge is 0.473 e. The molecule has 0 spiro atoms. The molecule has 1 atom stereocenters. The van der Waals surface area contributed by atoms with Crippen molar-refractivity contribution in [3.05, 3.63) is 22.4 Å². The van der Waals surface area contributed by atoms with Crippen LogP contribution in [0.3, 0.4) is 0 Å². The number of rotatable bonds is 5. The number of carboxylic acid groups (broad SMARTS) is 2. The van der Waals surface area contributed by atoms with E-state index in [0.717, 1.165) is 32.1 Å². The van der Waals surface area contributed by atoms with Gasteiger partial charge in [0.25, 0.3) is 0 Å². The van der Waals surface area contributed by atoms with Crippen LogP contribution in [0.5, 0.6) is 0 Å². The summed E-state index contributed by atoms with van der Waals surface area (Å²) in [7, 11) is 0. The summed E-state index contributed by atoms with van der Waals surface area (Å²) in [5, 5.41) is 32.3. The molecule has 0 saturated heterocycles. The third kappa shape index (κ3) is 7.21. The number of carbonyl (C=O) groups is 3. The Hall–Kier alpha value is -2.44. The summed E-state index contributed by atoms with van der Waals surface area (Å²) in [6.07, 6.45) is 4.74. The first-order valence-corrected chi connectivity index (χ1v) is 9.13. The van der Waals surface area contributed by atoms with Gasteiger partial charge in [0.05, 0.1) is 12.1 Å². The standard InChI is InChI=1S/C15H21N3OS.C2H2O4/c1-12(17-10-13-6-5-9-20-13)14(19)18-15(11-16)7-3-2-4-8-15;3-1(4)2(5)6/h5-6,9,12,17H,2-4,7-8,10H2,1H3,(H,18,19);(H,3,4)(H,5,6). The summed E-state index contributed by atoms with van der Waals surface area (Å²) >= 11 is 1.67. The van der Waals surface area contributed by atoms with Gasteiger partial charge in [-0.25, -0.2) is 9.59 Å². The monoisotopic (exact) mass is 381 g/mol. The van der Waals surface area contributed by atoms with Gasteiger partial charge in [-0.2, -0.15) is 5.26 Å².